The van der Waals surface area contributed by atoms with Gasteiger partial charge in [-0.1, -0.05) is 12.1 Å². The van der Waals surface area contributed by atoms with Gasteiger partial charge in [0.15, 0.2) is 5.82 Å². The van der Waals surface area contributed by atoms with Crippen molar-refractivity contribution in [3.05, 3.63) is 65.1 Å². The van der Waals surface area contributed by atoms with Crippen LogP contribution in [0.4, 0.5) is 0 Å². The van der Waals surface area contributed by atoms with Crippen LogP contribution in [-0.4, -0.2) is 53.2 Å². The van der Waals surface area contributed by atoms with Crippen molar-refractivity contribution in [1.29, 1.82) is 0 Å². The van der Waals surface area contributed by atoms with Crippen molar-refractivity contribution in [3.8, 4) is 11.4 Å². The second kappa shape index (κ2) is 7.58. The van der Waals surface area contributed by atoms with Gasteiger partial charge in [-0.25, -0.2) is 14.5 Å². The van der Waals surface area contributed by atoms with Gasteiger partial charge >= 0.3 is 5.69 Å². The smallest absolute Gasteiger partial charge is 0.326 e. The summed E-state index contributed by atoms with van der Waals surface area (Å²) in [6, 6.07) is 11.3. The molecule has 0 bridgehead atoms. The van der Waals surface area contributed by atoms with Crippen molar-refractivity contribution in [2.24, 2.45) is 0 Å². The topological polar surface area (TPSA) is 102 Å². The van der Waals surface area contributed by atoms with Gasteiger partial charge in [0.2, 0.25) is 5.91 Å². The van der Waals surface area contributed by atoms with E-state index in [0.29, 0.717) is 38.4 Å². The third-order valence-corrected chi connectivity index (χ3v) is 5.44. The predicted molar refractivity (Wildman–Crippen MR) is 111 cm³/mol. The first-order valence-electron chi connectivity index (χ1n) is 9.98. The van der Waals surface area contributed by atoms with E-state index >= 15 is 0 Å². The summed E-state index contributed by atoms with van der Waals surface area (Å²) in [5.41, 5.74) is 2.30. The minimum Gasteiger partial charge on any atom is -0.340 e. The maximum Gasteiger partial charge on any atom is 0.326 e. The number of imidazole rings is 1. The van der Waals surface area contributed by atoms with E-state index in [1.165, 1.54) is 0 Å². The number of benzene rings is 1. The number of aryl methyl sites for hydroxylation is 1. The van der Waals surface area contributed by atoms with Gasteiger partial charge in [0.25, 0.3) is 0 Å². The molecule has 0 saturated carbocycles. The molecule has 3 aromatic heterocycles. The van der Waals surface area contributed by atoms with Crippen molar-refractivity contribution < 1.29 is 4.79 Å². The molecule has 0 atom stereocenters. The molecule has 0 unspecified atom stereocenters. The Kier molecular flexibility index (Phi) is 4.62. The van der Waals surface area contributed by atoms with Gasteiger partial charge in [0, 0.05) is 50.4 Å². The standard InChI is InChI=1S/C21H21N7O2/c29-19(8-11-27-17-6-2-1-5-16(17)23-21(27)30)26-10-7-18-24-20(25-28(18)13-12-26)15-4-3-9-22-14-15/h1-6,9,14H,7-8,10-13H2,(H,23,30). The lowest BCUT2D eigenvalue weighted by Crippen LogP contribution is -2.34. The summed E-state index contributed by atoms with van der Waals surface area (Å²) in [4.78, 5) is 38.4. The van der Waals surface area contributed by atoms with Crippen LogP contribution < -0.4 is 5.69 Å². The second-order valence-electron chi connectivity index (χ2n) is 7.30. The monoisotopic (exact) mass is 403 g/mol. The number of aromatic nitrogens is 6. The van der Waals surface area contributed by atoms with Gasteiger partial charge in [-0.15, -0.1) is 0 Å². The zero-order valence-corrected chi connectivity index (χ0v) is 16.4. The van der Waals surface area contributed by atoms with E-state index in [4.69, 9.17) is 0 Å². The summed E-state index contributed by atoms with van der Waals surface area (Å²) in [5.74, 6) is 1.57. The van der Waals surface area contributed by atoms with Gasteiger partial charge in [-0.3, -0.25) is 14.3 Å². The van der Waals surface area contributed by atoms with E-state index in [1.54, 1.807) is 17.0 Å². The lowest BCUT2D eigenvalue weighted by molar-refractivity contribution is -0.131. The van der Waals surface area contributed by atoms with Crippen LogP contribution in [0.2, 0.25) is 0 Å². The molecule has 4 heterocycles. The highest BCUT2D eigenvalue weighted by atomic mass is 16.2. The zero-order valence-electron chi connectivity index (χ0n) is 16.4. The number of para-hydroxylation sites is 2. The van der Waals surface area contributed by atoms with Crippen LogP contribution in [0.3, 0.4) is 0 Å². The molecule has 1 aromatic carbocycles. The maximum absolute atomic E-state index is 12.8. The number of carbonyl (C=O) groups is 1. The van der Waals surface area contributed by atoms with Crippen LogP contribution in [-0.2, 0) is 24.3 Å². The van der Waals surface area contributed by atoms with Gasteiger partial charge < -0.3 is 9.88 Å². The summed E-state index contributed by atoms with van der Waals surface area (Å²) < 4.78 is 3.50. The number of hydrogen-bond acceptors (Lipinski definition) is 5. The Hall–Kier alpha value is -3.75. The molecule has 5 rings (SSSR count). The molecule has 0 aliphatic carbocycles. The molecule has 9 heteroatoms. The zero-order chi connectivity index (χ0) is 20.5. The van der Waals surface area contributed by atoms with Crippen molar-refractivity contribution in [1.82, 2.24) is 34.2 Å². The summed E-state index contributed by atoms with van der Waals surface area (Å²) in [6.45, 7) is 2.12. The fraction of sp³-hybridized carbons (Fsp3) is 0.286. The Bertz CT molecular complexity index is 1230. The highest BCUT2D eigenvalue weighted by Crippen LogP contribution is 2.17. The molecular weight excluding hydrogens is 382 g/mol. The highest BCUT2D eigenvalue weighted by molar-refractivity contribution is 5.77. The Morgan fingerprint density at radius 1 is 1.10 bits per heavy atom. The number of pyridine rings is 1. The molecular formula is C21H21N7O2. The molecule has 9 nitrogen and oxygen atoms in total. The van der Waals surface area contributed by atoms with E-state index < -0.39 is 0 Å². The molecule has 0 radical (unpaired) electrons. The second-order valence-corrected chi connectivity index (χ2v) is 7.30. The van der Waals surface area contributed by atoms with E-state index in [0.717, 1.165) is 22.4 Å². The third-order valence-electron chi connectivity index (χ3n) is 5.44. The lowest BCUT2D eigenvalue weighted by Gasteiger charge is -2.20. The van der Waals surface area contributed by atoms with E-state index in [9.17, 15) is 9.59 Å². The van der Waals surface area contributed by atoms with Gasteiger partial charge in [-0.2, -0.15) is 5.10 Å². The van der Waals surface area contributed by atoms with Crippen molar-refractivity contribution >= 4 is 16.9 Å². The van der Waals surface area contributed by atoms with Crippen LogP contribution >= 0.6 is 0 Å². The van der Waals surface area contributed by atoms with Gasteiger partial charge in [-0.05, 0) is 24.3 Å². The molecule has 1 N–H and O–H groups in total. The molecule has 1 aliphatic rings. The SMILES string of the molecule is O=C(CCn1c(=O)[nH]c2ccccc21)N1CCc2nc(-c3cccnc3)nn2CC1. The molecule has 0 saturated heterocycles. The molecule has 0 fully saturated rings. The normalized spacial score (nSPS) is 13.9. The third kappa shape index (κ3) is 3.38. The number of fused-ring (bicyclic) bond motifs is 2. The summed E-state index contributed by atoms with van der Waals surface area (Å²) in [6.07, 6.45) is 4.39. The number of carbonyl (C=O) groups excluding carboxylic acids is 1. The number of H-pyrrole nitrogens is 1. The summed E-state index contributed by atoms with van der Waals surface area (Å²) in [5, 5.41) is 4.59. The summed E-state index contributed by atoms with van der Waals surface area (Å²) in [7, 11) is 0. The Morgan fingerprint density at radius 3 is 2.87 bits per heavy atom. The van der Waals surface area contributed by atoms with E-state index in [-0.39, 0.29) is 18.0 Å². The van der Waals surface area contributed by atoms with Crippen molar-refractivity contribution in [2.45, 2.75) is 25.9 Å². The first-order valence-corrected chi connectivity index (χ1v) is 9.98. The summed E-state index contributed by atoms with van der Waals surface area (Å²) >= 11 is 0. The van der Waals surface area contributed by atoms with Crippen LogP contribution in [0.15, 0.2) is 53.6 Å². The minimum absolute atomic E-state index is 0.0328. The predicted octanol–water partition coefficient (Wildman–Crippen LogP) is 1.46. The van der Waals surface area contributed by atoms with Crippen LogP contribution in [0.5, 0.6) is 0 Å². The van der Waals surface area contributed by atoms with Crippen LogP contribution in [0.1, 0.15) is 12.2 Å². The van der Waals surface area contributed by atoms with Crippen molar-refractivity contribution in [2.75, 3.05) is 13.1 Å². The number of rotatable bonds is 4. The molecule has 4 aromatic rings. The van der Waals surface area contributed by atoms with Crippen molar-refractivity contribution in [3.63, 3.8) is 0 Å². The molecule has 1 amide bonds. The molecule has 152 valence electrons. The molecule has 30 heavy (non-hydrogen) atoms. The number of amides is 1. The van der Waals surface area contributed by atoms with Crippen LogP contribution in [0.25, 0.3) is 22.4 Å². The quantitative estimate of drug-likeness (QED) is 0.556. The minimum atomic E-state index is -0.188. The van der Waals surface area contributed by atoms with Gasteiger partial charge in [0.05, 0.1) is 17.6 Å². The lowest BCUT2D eigenvalue weighted by atomic mass is 10.3. The number of aromatic amines is 1. The van der Waals surface area contributed by atoms with E-state index in [1.807, 2.05) is 46.0 Å². The number of nitrogens with one attached hydrogen (secondary N) is 1. The highest BCUT2D eigenvalue weighted by Gasteiger charge is 2.21. The fourth-order valence-corrected chi connectivity index (χ4v) is 3.86. The maximum atomic E-state index is 12.8. The largest absolute Gasteiger partial charge is 0.340 e. The molecule has 0 spiro atoms. The number of nitrogens with zero attached hydrogens (tertiary/aromatic N) is 6. The first kappa shape index (κ1) is 18.3. The number of hydrogen-bond donors (Lipinski definition) is 1. The Morgan fingerprint density at radius 2 is 2.00 bits per heavy atom. The Labute approximate surface area is 172 Å². The molecule has 1 aliphatic heterocycles. The van der Waals surface area contributed by atoms with Crippen LogP contribution in [0, 0.1) is 0 Å². The fourth-order valence-electron chi connectivity index (χ4n) is 3.86. The van der Waals surface area contributed by atoms with Gasteiger partial charge in [0.1, 0.15) is 5.82 Å². The first-order chi connectivity index (χ1) is 14.7. The Balaban J connectivity index is 1.25. The average Bonchev–Trinajstić information content (AvgIpc) is 3.26. The average molecular weight is 403 g/mol. The van der Waals surface area contributed by atoms with E-state index in [2.05, 4.69) is 20.1 Å².